The molecular formula is C16H31NO2. The van der Waals surface area contributed by atoms with Crippen LogP contribution in [0, 0.1) is 11.8 Å². The average Bonchev–Trinajstić information content (AvgIpc) is 2.37. The topological polar surface area (TPSA) is 41.5 Å². The van der Waals surface area contributed by atoms with Gasteiger partial charge in [-0.25, -0.2) is 0 Å². The van der Waals surface area contributed by atoms with Gasteiger partial charge in [-0.1, -0.05) is 26.0 Å². The van der Waals surface area contributed by atoms with E-state index in [9.17, 15) is 5.11 Å². The summed E-state index contributed by atoms with van der Waals surface area (Å²) in [6, 6.07) is 0. The smallest absolute Gasteiger partial charge is 0.0897 e. The molecule has 0 spiro atoms. The highest BCUT2D eigenvalue weighted by atomic mass is 16.5. The molecule has 1 rings (SSSR count). The van der Waals surface area contributed by atoms with Crippen molar-refractivity contribution in [2.75, 3.05) is 19.7 Å². The predicted molar refractivity (Wildman–Crippen MR) is 80.2 cm³/mol. The highest BCUT2D eigenvalue weighted by Crippen LogP contribution is 2.16. The summed E-state index contributed by atoms with van der Waals surface area (Å²) < 4.78 is 5.66. The molecule has 0 aromatic carbocycles. The Morgan fingerprint density at radius 3 is 2.74 bits per heavy atom. The van der Waals surface area contributed by atoms with Crippen LogP contribution in [0.3, 0.4) is 0 Å². The zero-order chi connectivity index (χ0) is 14.1. The van der Waals surface area contributed by atoms with Crippen LogP contribution in [0.2, 0.25) is 0 Å². The summed E-state index contributed by atoms with van der Waals surface area (Å²) in [7, 11) is 0. The molecule has 1 aliphatic rings. The summed E-state index contributed by atoms with van der Waals surface area (Å²) in [5.41, 5.74) is 0. The van der Waals surface area contributed by atoms with Crippen LogP contribution in [-0.2, 0) is 4.74 Å². The molecule has 0 bridgehead atoms. The first-order valence-electron chi connectivity index (χ1n) is 7.73. The maximum absolute atomic E-state index is 9.86. The van der Waals surface area contributed by atoms with E-state index in [0.717, 1.165) is 18.9 Å². The van der Waals surface area contributed by atoms with Crippen molar-refractivity contribution in [3.05, 3.63) is 12.2 Å². The van der Waals surface area contributed by atoms with Crippen molar-refractivity contribution in [3.63, 3.8) is 0 Å². The number of aliphatic hydroxyl groups excluding tert-OH is 1. The fourth-order valence-corrected chi connectivity index (χ4v) is 2.56. The number of hydrogen-bond donors (Lipinski definition) is 2. The van der Waals surface area contributed by atoms with E-state index in [0.29, 0.717) is 19.1 Å². The lowest BCUT2D eigenvalue weighted by Gasteiger charge is -2.21. The first-order chi connectivity index (χ1) is 9.08. The van der Waals surface area contributed by atoms with Gasteiger partial charge in [0, 0.05) is 6.54 Å². The third-order valence-electron chi connectivity index (χ3n) is 3.57. The second-order valence-electron chi connectivity index (χ2n) is 6.24. The number of hydrogen-bond acceptors (Lipinski definition) is 3. The third kappa shape index (κ3) is 8.40. The van der Waals surface area contributed by atoms with Crippen molar-refractivity contribution in [3.8, 4) is 0 Å². The standard InChI is InChI=1S/C16H31NO2/c1-13(2)9-14(3)19-12-16(18)11-17-10-15-7-5-4-6-8-15/h4-5,13-18H,6-12H2,1-3H3. The number of ether oxygens (including phenoxy) is 1. The zero-order valence-corrected chi connectivity index (χ0v) is 12.8. The molecule has 112 valence electrons. The molecule has 3 heteroatoms. The monoisotopic (exact) mass is 269 g/mol. The summed E-state index contributed by atoms with van der Waals surface area (Å²) in [4.78, 5) is 0. The van der Waals surface area contributed by atoms with E-state index in [-0.39, 0.29) is 6.10 Å². The van der Waals surface area contributed by atoms with Gasteiger partial charge in [-0.05, 0) is 51.0 Å². The number of allylic oxidation sites excluding steroid dienone is 2. The Labute approximate surface area is 118 Å². The quantitative estimate of drug-likeness (QED) is 0.632. The van der Waals surface area contributed by atoms with Crippen LogP contribution in [0.4, 0.5) is 0 Å². The van der Waals surface area contributed by atoms with E-state index in [4.69, 9.17) is 4.74 Å². The Hall–Kier alpha value is -0.380. The van der Waals surface area contributed by atoms with Gasteiger partial charge in [0.2, 0.25) is 0 Å². The van der Waals surface area contributed by atoms with Gasteiger partial charge < -0.3 is 15.2 Å². The van der Waals surface area contributed by atoms with Crippen molar-refractivity contribution in [1.82, 2.24) is 5.32 Å². The molecule has 0 fully saturated rings. The Morgan fingerprint density at radius 1 is 1.32 bits per heavy atom. The molecule has 0 saturated carbocycles. The molecule has 0 radical (unpaired) electrons. The average molecular weight is 269 g/mol. The van der Waals surface area contributed by atoms with E-state index < -0.39 is 6.10 Å². The molecule has 0 saturated heterocycles. The van der Waals surface area contributed by atoms with E-state index in [1.54, 1.807) is 0 Å². The largest absolute Gasteiger partial charge is 0.389 e. The van der Waals surface area contributed by atoms with E-state index >= 15 is 0 Å². The van der Waals surface area contributed by atoms with Crippen LogP contribution in [0.15, 0.2) is 12.2 Å². The van der Waals surface area contributed by atoms with Crippen molar-refractivity contribution in [1.29, 1.82) is 0 Å². The van der Waals surface area contributed by atoms with E-state index in [1.807, 2.05) is 0 Å². The molecule has 0 heterocycles. The zero-order valence-electron chi connectivity index (χ0n) is 12.8. The second-order valence-corrected chi connectivity index (χ2v) is 6.24. The first kappa shape index (κ1) is 16.7. The van der Waals surface area contributed by atoms with Crippen LogP contribution >= 0.6 is 0 Å². The number of aliphatic hydroxyl groups is 1. The SMILES string of the molecule is CC(C)CC(C)OCC(O)CNCC1CC=CCC1. The maximum Gasteiger partial charge on any atom is 0.0897 e. The molecule has 0 aliphatic heterocycles. The van der Waals surface area contributed by atoms with Crippen molar-refractivity contribution in [2.45, 2.75) is 58.7 Å². The molecule has 3 nitrogen and oxygen atoms in total. The first-order valence-corrected chi connectivity index (χ1v) is 7.73. The molecule has 3 unspecified atom stereocenters. The Morgan fingerprint density at radius 2 is 2.11 bits per heavy atom. The summed E-state index contributed by atoms with van der Waals surface area (Å²) in [6.45, 7) is 8.53. The van der Waals surface area contributed by atoms with Gasteiger partial charge in [0.1, 0.15) is 0 Å². The molecule has 0 amide bonds. The van der Waals surface area contributed by atoms with Crippen molar-refractivity contribution in [2.24, 2.45) is 11.8 Å². The van der Waals surface area contributed by atoms with Gasteiger partial charge in [-0.15, -0.1) is 0 Å². The van der Waals surface area contributed by atoms with Gasteiger partial charge in [-0.3, -0.25) is 0 Å². The van der Waals surface area contributed by atoms with Crippen molar-refractivity contribution < 1.29 is 9.84 Å². The van der Waals surface area contributed by atoms with Crippen molar-refractivity contribution >= 4 is 0 Å². The summed E-state index contributed by atoms with van der Waals surface area (Å²) in [5.74, 6) is 1.38. The summed E-state index contributed by atoms with van der Waals surface area (Å²) in [6.07, 6.45) is 9.05. The van der Waals surface area contributed by atoms with Gasteiger partial charge >= 0.3 is 0 Å². The van der Waals surface area contributed by atoms with Gasteiger partial charge in [0.15, 0.2) is 0 Å². The summed E-state index contributed by atoms with van der Waals surface area (Å²) >= 11 is 0. The minimum atomic E-state index is -0.395. The number of nitrogens with one attached hydrogen (secondary N) is 1. The fourth-order valence-electron chi connectivity index (χ4n) is 2.56. The van der Waals surface area contributed by atoms with Crippen LogP contribution in [-0.4, -0.2) is 37.0 Å². The molecule has 0 aromatic rings. The molecule has 0 aromatic heterocycles. The highest BCUT2D eigenvalue weighted by molar-refractivity contribution is 4.90. The van der Waals surface area contributed by atoms with Gasteiger partial charge in [-0.2, -0.15) is 0 Å². The van der Waals surface area contributed by atoms with Gasteiger partial charge in [0.25, 0.3) is 0 Å². The second kappa shape index (κ2) is 9.51. The number of rotatable bonds is 9. The lowest BCUT2D eigenvalue weighted by atomic mass is 9.94. The normalized spacial score (nSPS) is 22.7. The van der Waals surface area contributed by atoms with E-state index in [1.165, 1.54) is 19.3 Å². The van der Waals surface area contributed by atoms with Crippen LogP contribution in [0.5, 0.6) is 0 Å². The molecule has 1 aliphatic carbocycles. The minimum absolute atomic E-state index is 0.234. The van der Waals surface area contributed by atoms with E-state index in [2.05, 4.69) is 38.2 Å². The molecule has 3 atom stereocenters. The molecule has 19 heavy (non-hydrogen) atoms. The minimum Gasteiger partial charge on any atom is -0.389 e. The van der Waals surface area contributed by atoms with Crippen LogP contribution < -0.4 is 5.32 Å². The van der Waals surface area contributed by atoms with Crippen LogP contribution in [0.1, 0.15) is 46.5 Å². The Bertz CT molecular complexity index is 253. The van der Waals surface area contributed by atoms with Crippen LogP contribution in [0.25, 0.3) is 0 Å². The lowest BCUT2D eigenvalue weighted by Crippen LogP contribution is -2.34. The molecule has 2 N–H and O–H groups in total. The Kier molecular flexibility index (Phi) is 8.35. The highest BCUT2D eigenvalue weighted by Gasteiger charge is 2.12. The van der Waals surface area contributed by atoms with Gasteiger partial charge in [0.05, 0.1) is 18.8 Å². The fraction of sp³-hybridized carbons (Fsp3) is 0.875. The molecular weight excluding hydrogens is 238 g/mol. The maximum atomic E-state index is 9.86. The lowest BCUT2D eigenvalue weighted by molar-refractivity contribution is -0.00870. The summed E-state index contributed by atoms with van der Waals surface area (Å²) in [5, 5.41) is 13.2. The third-order valence-corrected chi connectivity index (χ3v) is 3.57. The predicted octanol–water partition coefficient (Wildman–Crippen LogP) is 2.74. The Balaban J connectivity index is 2.01.